The topological polar surface area (TPSA) is 66.8 Å². The molecular formula is C21H28NO4S. The standard InChI is InChI=1S/C21H28NO4S/c1-4-17(2)22(16-19(23)11-10-18-8-6-5-7-9-18)27(24,25)21-14-12-20(26-3)13-15-21/h5-9,11-15,17,19,23H,4,10,16H2,1-3H3/t17-,19+/m0/s1. The summed E-state index contributed by atoms with van der Waals surface area (Å²) in [6.45, 7) is 3.81. The van der Waals surface area contributed by atoms with E-state index in [1.165, 1.54) is 23.5 Å². The molecule has 2 rings (SSSR count). The molecule has 2 aromatic rings. The van der Waals surface area contributed by atoms with Gasteiger partial charge in [-0.05, 0) is 56.0 Å². The van der Waals surface area contributed by atoms with Gasteiger partial charge in [0.05, 0.1) is 18.1 Å². The van der Waals surface area contributed by atoms with Crippen LogP contribution in [0.3, 0.4) is 0 Å². The number of hydrogen-bond donors (Lipinski definition) is 1. The molecule has 0 aliphatic carbocycles. The quantitative estimate of drug-likeness (QED) is 0.676. The van der Waals surface area contributed by atoms with Gasteiger partial charge < -0.3 is 9.84 Å². The van der Waals surface area contributed by atoms with Crippen LogP contribution in [0.5, 0.6) is 5.75 Å². The predicted octanol–water partition coefficient (Wildman–Crippen LogP) is 3.29. The van der Waals surface area contributed by atoms with Crippen LogP contribution in [-0.2, 0) is 16.4 Å². The summed E-state index contributed by atoms with van der Waals surface area (Å²) in [5.74, 6) is 0.597. The summed E-state index contributed by atoms with van der Waals surface area (Å²) in [6, 6.07) is 15.9. The molecule has 2 aromatic carbocycles. The first-order chi connectivity index (χ1) is 12.9. The van der Waals surface area contributed by atoms with Gasteiger partial charge in [-0.25, -0.2) is 8.42 Å². The van der Waals surface area contributed by atoms with Crippen LogP contribution >= 0.6 is 0 Å². The normalized spacial score (nSPS) is 14.1. The van der Waals surface area contributed by atoms with Crippen molar-refractivity contribution in [3.63, 3.8) is 0 Å². The van der Waals surface area contributed by atoms with Crippen molar-refractivity contribution in [2.75, 3.05) is 13.7 Å². The van der Waals surface area contributed by atoms with Crippen molar-refractivity contribution in [1.82, 2.24) is 4.31 Å². The molecule has 0 amide bonds. The monoisotopic (exact) mass is 390 g/mol. The van der Waals surface area contributed by atoms with E-state index in [9.17, 15) is 13.5 Å². The SMILES string of the molecule is CC[C@H](C)N(C[C@H](O)[CH]Cc1ccccc1)S(=O)(=O)c1ccc(OC)cc1. The van der Waals surface area contributed by atoms with Gasteiger partial charge in [-0.3, -0.25) is 0 Å². The van der Waals surface area contributed by atoms with Gasteiger partial charge in [0.25, 0.3) is 0 Å². The molecule has 0 saturated carbocycles. The second-order valence-corrected chi connectivity index (χ2v) is 8.39. The Morgan fingerprint density at radius 1 is 1.11 bits per heavy atom. The molecule has 0 aliphatic heterocycles. The lowest BCUT2D eigenvalue weighted by molar-refractivity contribution is 0.157. The van der Waals surface area contributed by atoms with Crippen molar-refractivity contribution in [2.24, 2.45) is 0 Å². The van der Waals surface area contributed by atoms with Gasteiger partial charge in [-0.2, -0.15) is 4.31 Å². The van der Waals surface area contributed by atoms with Crippen molar-refractivity contribution in [3.8, 4) is 5.75 Å². The fourth-order valence-electron chi connectivity index (χ4n) is 2.75. The van der Waals surface area contributed by atoms with Crippen molar-refractivity contribution >= 4 is 10.0 Å². The molecule has 0 spiro atoms. The molecule has 0 unspecified atom stereocenters. The molecule has 0 aromatic heterocycles. The van der Waals surface area contributed by atoms with Gasteiger partial charge in [0.1, 0.15) is 5.75 Å². The van der Waals surface area contributed by atoms with Crippen LogP contribution in [0.25, 0.3) is 0 Å². The van der Waals surface area contributed by atoms with Crippen LogP contribution in [0.2, 0.25) is 0 Å². The molecule has 6 heteroatoms. The van der Waals surface area contributed by atoms with Crippen LogP contribution in [0, 0.1) is 6.42 Å². The average Bonchev–Trinajstić information content (AvgIpc) is 2.70. The molecule has 2 atom stereocenters. The second-order valence-electron chi connectivity index (χ2n) is 6.50. The number of aliphatic hydroxyl groups excluding tert-OH is 1. The van der Waals surface area contributed by atoms with Crippen molar-refractivity contribution in [1.29, 1.82) is 0 Å². The first kappa shape index (κ1) is 21.4. The van der Waals surface area contributed by atoms with Gasteiger partial charge in [0, 0.05) is 12.6 Å². The van der Waals surface area contributed by atoms with Crippen LogP contribution in [0.15, 0.2) is 59.5 Å². The van der Waals surface area contributed by atoms with Gasteiger partial charge in [0.15, 0.2) is 0 Å². The van der Waals surface area contributed by atoms with E-state index in [1.54, 1.807) is 18.6 Å². The van der Waals surface area contributed by atoms with Crippen molar-refractivity contribution in [2.45, 2.75) is 43.7 Å². The zero-order valence-corrected chi connectivity index (χ0v) is 16.9. The van der Waals surface area contributed by atoms with Crippen molar-refractivity contribution in [3.05, 3.63) is 66.6 Å². The van der Waals surface area contributed by atoms with E-state index in [2.05, 4.69) is 0 Å². The first-order valence-electron chi connectivity index (χ1n) is 9.09. The molecule has 1 radical (unpaired) electrons. The number of hydrogen-bond acceptors (Lipinski definition) is 4. The third kappa shape index (κ3) is 5.79. The van der Waals surface area contributed by atoms with Crippen LogP contribution in [0.4, 0.5) is 0 Å². The molecule has 5 nitrogen and oxygen atoms in total. The van der Waals surface area contributed by atoms with Crippen LogP contribution in [-0.4, -0.2) is 43.6 Å². The average molecular weight is 391 g/mol. The fourth-order valence-corrected chi connectivity index (χ4v) is 4.47. The van der Waals surface area contributed by atoms with Gasteiger partial charge in [0.2, 0.25) is 10.0 Å². The zero-order chi connectivity index (χ0) is 19.9. The highest BCUT2D eigenvalue weighted by Gasteiger charge is 2.30. The van der Waals surface area contributed by atoms with E-state index in [-0.39, 0.29) is 17.5 Å². The van der Waals surface area contributed by atoms with E-state index >= 15 is 0 Å². The third-order valence-electron chi connectivity index (χ3n) is 4.58. The number of ether oxygens (including phenoxy) is 1. The third-order valence-corrected chi connectivity index (χ3v) is 6.58. The van der Waals surface area contributed by atoms with Crippen LogP contribution in [0.1, 0.15) is 25.8 Å². The number of nitrogens with zero attached hydrogens (tertiary/aromatic N) is 1. The molecule has 0 fully saturated rings. The number of benzene rings is 2. The molecular weight excluding hydrogens is 362 g/mol. The lowest BCUT2D eigenvalue weighted by Gasteiger charge is -2.29. The lowest BCUT2D eigenvalue weighted by atomic mass is 10.1. The van der Waals surface area contributed by atoms with Gasteiger partial charge in [-0.1, -0.05) is 37.3 Å². The Bertz CT molecular complexity index is 791. The molecule has 0 saturated heterocycles. The van der Waals surface area contributed by atoms with Gasteiger partial charge >= 0.3 is 0 Å². The van der Waals surface area contributed by atoms with E-state index in [0.717, 1.165) is 5.56 Å². The Kier molecular flexibility index (Phi) is 7.83. The summed E-state index contributed by atoms with van der Waals surface area (Å²) in [5.41, 5.74) is 1.07. The predicted molar refractivity (Wildman–Crippen MR) is 107 cm³/mol. The molecule has 0 bridgehead atoms. The van der Waals surface area contributed by atoms with Gasteiger partial charge in [-0.15, -0.1) is 0 Å². The van der Waals surface area contributed by atoms with Crippen LogP contribution < -0.4 is 4.74 Å². The molecule has 27 heavy (non-hydrogen) atoms. The minimum absolute atomic E-state index is 0.0240. The molecule has 147 valence electrons. The smallest absolute Gasteiger partial charge is 0.243 e. The largest absolute Gasteiger partial charge is 0.497 e. The summed E-state index contributed by atoms with van der Waals surface area (Å²) in [7, 11) is -2.18. The maximum absolute atomic E-state index is 13.1. The van der Waals surface area contributed by atoms with E-state index in [4.69, 9.17) is 4.74 Å². The highest BCUT2D eigenvalue weighted by molar-refractivity contribution is 7.89. The summed E-state index contributed by atoms with van der Waals surface area (Å²) >= 11 is 0. The van der Waals surface area contributed by atoms with E-state index < -0.39 is 16.1 Å². The summed E-state index contributed by atoms with van der Waals surface area (Å²) in [6.07, 6.45) is 2.13. The Morgan fingerprint density at radius 2 is 1.74 bits per heavy atom. The van der Waals surface area contributed by atoms with Crippen molar-refractivity contribution < 1.29 is 18.3 Å². The number of aliphatic hydroxyl groups is 1. The summed E-state index contributed by atoms with van der Waals surface area (Å²) < 4.78 is 32.7. The second kappa shape index (κ2) is 9.88. The first-order valence-corrected chi connectivity index (χ1v) is 10.5. The fraction of sp³-hybridized carbons (Fsp3) is 0.381. The zero-order valence-electron chi connectivity index (χ0n) is 16.1. The lowest BCUT2D eigenvalue weighted by Crippen LogP contribution is -2.43. The number of sulfonamides is 1. The maximum atomic E-state index is 13.1. The Morgan fingerprint density at radius 3 is 2.30 bits per heavy atom. The minimum Gasteiger partial charge on any atom is -0.497 e. The Labute approximate surface area is 162 Å². The molecule has 1 N–H and O–H groups in total. The summed E-state index contributed by atoms with van der Waals surface area (Å²) in [5, 5.41) is 10.4. The molecule has 0 heterocycles. The number of methoxy groups -OCH3 is 1. The Balaban J connectivity index is 2.13. The molecule has 0 aliphatic rings. The summed E-state index contributed by atoms with van der Waals surface area (Å²) in [4.78, 5) is 0.193. The highest BCUT2D eigenvalue weighted by Crippen LogP contribution is 2.23. The van der Waals surface area contributed by atoms with E-state index in [0.29, 0.717) is 18.6 Å². The number of rotatable bonds is 10. The minimum atomic E-state index is -3.72. The highest BCUT2D eigenvalue weighted by atomic mass is 32.2. The Hall–Kier alpha value is -1.89. The van der Waals surface area contributed by atoms with E-state index in [1.807, 2.05) is 44.2 Å². The maximum Gasteiger partial charge on any atom is 0.243 e.